The predicted molar refractivity (Wildman–Crippen MR) is 86.0 cm³/mol. The summed E-state index contributed by atoms with van der Waals surface area (Å²) in [5.74, 6) is -0.315. The van der Waals surface area contributed by atoms with Gasteiger partial charge in [-0.05, 0) is 31.2 Å². The number of anilines is 1. The van der Waals surface area contributed by atoms with Gasteiger partial charge in [-0.25, -0.2) is 9.98 Å². The Balaban J connectivity index is 1.87. The molecule has 2 rings (SSSR count). The molecule has 0 bridgehead atoms. The Labute approximate surface area is 137 Å². The van der Waals surface area contributed by atoms with Gasteiger partial charge in [-0.15, -0.1) is 0 Å². The van der Waals surface area contributed by atoms with Crippen LogP contribution in [0.1, 0.15) is 11.1 Å². The van der Waals surface area contributed by atoms with E-state index in [1.165, 1.54) is 12.3 Å². The fraction of sp³-hybridized carbons (Fsp3) is 0.250. The number of benzene rings is 1. The van der Waals surface area contributed by atoms with E-state index in [9.17, 15) is 13.2 Å². The van der Waals surface area contributed by atoms with E-state index >= 15 is 0 Å². The summed E-state index contributed by atoms with van der Waals surface area (Å²) >= 11 is 0. The maximum absolute atomic E-state index is 12.8. The van der Waals surface area contributed by atoms with Gasteiger partial charge in [0.05, 0.1) is 6.54 Å². The first kappa shape index (κ1) is 17.6. The molecule has 0 aliphatic heterocycles. The fourth-order valence-corrected chi connectivity index (χ4v) is 1.85. The van der Waals surface area contributed by atoms with Gasteiger partial charge in [0.25, 0.3) is 0 Å². The number of nitrogens with one attached hydrogen (secondary N) is 1. The van der Waals surface area contributed by atoms with Crippen molar-refractivity contribution in [2.75, 3.05) is 18.5 Å². The number of guanidine groups is 1. The van der Waals surface area contributed by atoms with Crippen molar-refractivity contribution in [3.05, 3.63) is 53.7 Å². The molecule has 24 heavy (non-hydrogen) atoms. The van der Waals surface area contributed by atoms with Crippen LogP contribution in [0.5, 0.6) is 5.88 Å². The Morgan fingerprint density at radius 3 is 2.62 bits per heavy atom. The lowest BCUT2D eigenvalue weighted by Gasteiger charge is -2.11. The summed E-state index contributed by atoms with van der Waals surface area (Å²) in [7, 11) is 0. The number of nitrogens with zero attached hydrogens (tertiary/aromatic N) is 2. The van der Waals surface area contributed by atoms with Crippen molar-refractivity contribution in [2.24, 2.45) is 10.7 Å². The summed E-state index contributed by atoms with van der Waals surface area (Å²) in [4.78, 5) is 7.60. The maximum Gasteiger partial charge on any atom is 0.421 e. The average Bonchev–Trinajstić information content (AvgIpc) is 2.53. The zero-order valence-electron chi connectivity index (χ0n) is 13.0. The van der Waals surface area contributed by atoms with E-state index in [4.69, 9.17) is 10.5 Å². The quantitative estimate of drug-likeness (QED) is 0.499. The van der Waals surface area contributed by atoms with Crippen LogP contribution in [-0.2, 0) is 6.18 Å². The molecule has 0 aliphatic rings. The van der Waals surface area contributed by atoms with Gasteiger partial charge >= 0.3 is 6.18 Å². The Hall–Kier alpha value is -2.77. The van der Waals surface area contributed by atoms with Crippen LogP contribution in [0.25, 0.3) is 0 Å². The highest BCUT2D eigenvalue weighted by Crippen LogP contribution is 2.34. The van der Waals surface area contributed by atoms with Crippen LogP contribution in [0.3, 0.4) is 0 Å². The van der Waals surface area contributed by atoms with Crippen LogP contribution in [0, 0.1) is 6.92 Å². The molecule has 1 heterocycles. The molecular formula is C16H17F3N4O. The first-order valence-corrected chi connectivity index (χ1v) is 7.15. The third kappa shape index (κ3) is 5.15. The SMILES string of the molecule is Cc1ccc(NC(N)=NCCOc2ncccc2C(F)(F)F)cc1. The minimum Gasteiger partial charge on any atom is -0.475 e. The van der Waals surface area contributed by atoms with Gasteiger partial charge in [0.2, 0.25) is 5.88 Å². The predicted octanol–water partition coefficient (Wildman–Crippen LogP) is 3.21. The monoisotopic (exact) mass is 338 g/mol. The molecule has 0 saturated carbocycles. The summed E-state index contributed by atoms with van der Waals surface area (Å²) in [6.45, 7) is 1.99. The standard InChI is InChI=1S/C16H17F3N4O/c1-11-4-6-12(7-5-11)23-15(20)22-9-10-24-14-13(16(17,18)19)3-2-8-21-14/h2-8H,9-10H2,1H3,(H3,20,22,23). The molecule has 0 saturated heterocycles. The number of aryl methyl sites for hydroxylation is 1. The van der Waals surface area contributed by atoms with Crippen LogP contribution in [0.2, 0.25) is 0 Å². The smallest absolute Gasteiger partial charge is 0.421 e. The molecule has 0 radical (unpaired) electrons. The number of aliphatic imine (C=N–C) groups is 1. The number of aromatic nitrogens is 1. The second kappa shape index (κ2) is 7.67. The fourth-order valence-electron chi connectivity index (χ4n) is 1.85. The number of alkyl halides is 3. The third-order valence-electron chi connectivity index (χ3n) is 3.01. The van der Waals surface area contributed by atoms with Crippen molar-refractivity contribution in [1.29, 1.82) is 0 Å². The Morgan fingerprint density at radius 2 is 1.96 bits per heavy atom. The Bertz CT molecular complexity index is 699. The lowest BCUT2D eigenvalue weighted by molar-refractivity contribution is -0.139. The van der Waals surface area contributed by atoms with Gasteiger partial charge in [-0.1, -0.05) is 17.7 Å². The first-order chi connectivity index (χ1) is 11.4. The molecule has 8 heteroatoms. The number of rotatable bonds is 5. The molecule has 0 spiro atoms. The molecule has 1 aromatic carbocycles. The van der Waals surface area contributed by atoms with Gasteiger partial charge in [-0.3, -0.25) is 0 Å². The van der Waals surface area contributed by atoms with Crippen LogP contribution >= 0.6 is 0 Å². The zero-order chi connectivity index (χ0) is 17.6. The maximum atomic E-state index is 12.8. The van der Waals surface area contributed by atoms with E-state index in [1.807, 2.05) is 31.2 Å². The van der Waals surface area contributed by atoms with E-state index in [0.717, 1.165) is 17.3 Å². The Morgan fingerprint density at radius 1 is 1.25 bits per heavy atom. The van der Waals surface area contributed by atoms with E-state index in [0.29, 0.717) is 0 Å². The number of hydrogen-bond donors (Lipinski definition) is 2. The van der Waals surface area contributed by atoms with Gasteiger partial charge in [0.1, 0.15) is 12.2 Å². The number of nitrogens with two attached hydrogens (primary N) is 1. The number of pyridine rings is 1. The van der Waals surface area contributed by atoms with Crippen LogP contribution in [0.4, 0.5) is 18.9 Å². The molecule has 3 N–H and O–H groups in total. The zero-order valence-corrected chi connectivity index (χ0v) is 13.0. The third-order valence-corrected chi connectivity index (χ3v) is 3.01. The van der Waals surface area contributed by atoms with Crippen molar-refractivity contribution >= 4 is 11.6 Å². The molecule has 0 atom stereocenters. The highest BCUT2D eigenvalue weighted by Gasteiger charge is 2.34. The summed E-state index contributed by atoms with van der Waals surface area (Å²) in [5.41, 5.74) is 6.67. The largest absolute Gasteiger partial charge is 0.475 e. The molecule has 1 aromatic heterocycles. The number of ether oxygens (including phenoxy) is 1. The van der Waals surface area contributed by atoms with Crippen LogP contribution in [0.15, 0.2) is 47.6 Å². The molecule has 5 nitrogen and oxygen atoms in total. The minimum atomic E-state index is -4.51. The summed E-state index contributed by atoms with van der Waals surface area (Å²) < 4.78 is 43.4. The van der Waals surface area contributed by atoms with Gasteiger partial charge in [0.15, 0.2) is 5.96 Å². The molecular weight excluding hydrogens is 321 g/mol. The molecule has 0 aliphatic carbocycles. The van der Waals surface area contributed by atoms with Crippen molar-refractivity contribution in [3.63, 3.8) is 0 Å². The van der Waals surface area contributed by atoms with Gasteiger partial charge < -0.3 is 15.8 Å². The van der Waals surface area contributed by atoms with Gasteiger partial charge in [0, 0.05) is 11.9 Å². The Kier molecular flexibility index (Phi) is 5.62. The second-order valence-electron chi connectivity index (χ2n) is 4.96. The average molecular weight is 338 g/mol. The molecule has 0 amide bonds. The normalized spacial score (nSPS) is 12.1. The highest BCUT2D eigenvalue weighted by atomic mass is 19.4. The molecule has 0 unspecified atom stereocenters. The second-order valence-corrected chi connectivity index (χ2v) is 4.96. The van der Waals surface area contributed by atoms with Crippen molar-refractivity contribution in [2.45, 2.75) is 13.1 Å². The lowest BCUT2D eigenvalue weighted by Crippen LogP contribution is -2.23. The van der Waals surface area contributed by atoms with E-state index in [1.54, 1.807) is 0 Å². The lowest BCUT2D eigenvalue weighted by atomic mass is 10.2. The summed E-state index contributed by atoms with van der Waals surface area (Å²) in [6.07, 6.45) is -3.28. The van der Waals surface area contributed by atoms with E-state index < -0.39 is 17.6 Å². The minimum absolute atomic E-state index is 0.0730. The van der Waals surface area contributed by atoms with Crippen molar-refractivity contribution in [3.8, 4) is 5.88 Å². The summed E-state index contributed by atoms with van der Waals surface area (Å²) in [5, 5.41) is 2.88. The van der Waals surface area contributed by atoms with Crippen LogP contribution in [-0.4, -0.2) is 24.1 Å². The van der Waals surface area contributed by atoms with Crippen LogP contribution < -0.4 is 15.8 Å². The highest BCUT2D eigenvalue weighted by molar-refractivity contribution is 5.92. The summed E-state index contributed by atoms with van der Waals surface area (Å²) in [6, 6.07) is 9.64. The molecule has 2 aromatic rings. The van der Waals surface area contributed by atoms with Crippen molar-refractivity contribution < 1.29 is 17.9 Å². The molecule has 128 valence electrons. The van der Waals surface area contributed by atoms with Crippen molar-refractivity contribution in [1.82, 2.24) is 4.98 Å². The van der Waals surface area contributed by atoms with Gasteiger partial charge in [-0.2, -0.15) is 13.2 Å². The van der Waals surface area contributed by atoms with E-state index in [-0.39, 0.29) is 19.1 Å². The van der Waals surface area contributed by atoms with E-state index in [2.05, 4.69) is 15.3 Å². The topological polar surface area (TPSA) is 72.5 Å². The first-order valence-electron chi connectivity index (χ1n) is 7.15. The number of halogens is 3. The number of hydrogen-bond acceptors (Lipinski definition) is 3. The molecule has 0 fully saturated rings.